The zero-order chi connectivity index (χ0) is 12.3. The lowest BCUT2D eigenvalue weighted by molar-refractivity contribution is -0.163. The maximum absolute atomic E-state index is 12.9. The molecule has 1 aromatic rings. The second-order valence-corrected chi connectivity index (χ2v) is 2.86. The van der Waals surface area contributed by atoms with Gasteiger partial charge >= 0.3 is 18.3 Å². The molecule has 7 heteroatoms. The summed E-state index contributed by atoms with van der Waals surface area (Å²) in [5.74, 6) is -8.07. The average Bonchev–Trinajstić information content (AvgIpc) is 2.21. The number of anilines is 1. The molecule has 2 nitrogen and oxygen atoms in total. The standard InChI is InChI=1S/C9H6F5NO/c10-5-3-1-2-4-6(5)15-8(16)9(13,14)7(11)12/h1-4,7H,(H,15,16). The molecular formula is C9H6F5NO. The van der Waals surface area contributed by atoms with Crippen LogP contribution in [0.25, 0.3) is 0 Å². The van der Waals surface area contributed by atoms with Crippen LogP contribution in [0.5, 0.6) is 0 Å². The summed E-state index contributed by atoms with van der Waals surface area (Å²) < 4.78 is 61.4. The second-order valence-electron chi connectivity index (χ2n) is 2.86. The van der Waals surface area contributed by atoms with Crippen LogP contribution in [-0.2, 0) is 4.79 Å². The number of halogens is 5. The van der Waals surface area contributed by atoms with E-state index in [0.717, 1.165) is 12.1 Å². The van der Waals surface area contributed by atoms with E-state index in [2.05, 4.69) is 0 Å². The van der Waals surface area contributed by atoms with Gasteiger partial charge in [-0.3, -0.25) is 4.79 Å². The third-order valence-corrected chi connectivity index (χ3v) is 1.70. The molecule has 0 unspecified atom stereocenters. The Bertz CT molecular complexity index is 393. The molecule has 0 aliphatic carbocycles. The molecule has 0 bridgehead atoms. The van der Waals surface area contributed by atoms with E-state index in [-0.39, 0.29) is 0 Å². The highest BCUT2D eigenvalue weighted by atomic mass is 19.3. The monoisotopic (exact) mass is 239 g/mol. The van der Waals surface area contributed by atoms with Crippen LogP contribution in [0.2, 0.25) is 0 Å². The topological polar surface area (TPSA) is 29.1 Å². The molecule has 0 aliphatic heterocycles. The largest absolute Gasteiger partial charge is 0.383 e. The van der Waals surface area contributed by atoms with E-state index in [1.54, 1.807) is 0 Å². The first kappa shape index (κ1) is 12.4. The number of alkyl halides is 4. The van der Waals surface area contributed by atoms with E-state index in [1.165, 1.54) is 17.4 Å². The van der Waals surface area contributed by atoms with E-state index in [9.17, 15) is 26.7 Å². The molecule has 0 atom stereocenters. The highest BCUT2D eigenvalue weighted by Gasteiger charge is 2.49. The van der Waals surface area contributed by atoms with E-state index < -0.39 is 29.8 Å². The summed E-state index contributed by atoms with van der Waals surface area (Å²) in [5.41, 5.74) is -0.576. The summed E-state index contributed by atoms with van der Waals surface area (Å²) in [7, 11) is 0. The molecular weight excluding hydrogens is 233 g/mol. The van der Waals surface area contributed by atoms with Gasteiger partial charge in [-0.05, 0) is 12.1 Å². The molecule has 16 heavy (non-hydrogen) atoms. The summed E-state index contributed by atoms with van der Waals surface area (Å²) in [4.78, 5) is 10.7. The van der Waals surface area contributed by atoms with Crippen LogP contribution in [0.3, 0.4) is 0 Å². The van der Waals surface area contributed by atoms with E-state index in [1.807, 2.05) is 0 Å². The van der Waals surface area contributed by atoms with Crippen molar-refractivity contribution in [2.75, 3.05) is 5.32 Å². The van der Waals surface area contributed by atoms with Crippen molar-refractivity contribution < 1.29 is 26.7 Å². The van der Waals surface area contributed by atoms with Gasteiger partial charge in [0.05, 0.1) is 5.69 Å². The van der Waals surface area contributed by atoms with E-state index in [0.29, 0.717) is 0 Å². The van der Waals surface area contributed by atoms with Gasteiger partial charge in [0.2, 0.25) is 0 Å². The number of carbonyl (C=O) groups is 1. The quantitative estimate of drug-likeness (QED) is 0.807. The fourth-order valence-electron chi connectivity index (χ4n) is 0.867. The second kappa shape index (κ2) is 4.46. The number of carbonyl (C=O) groups excluding carboxylic acids is 1. The zero-order valence-corrected chi connectivity index (χ0v) is 7.68. The smallest absolute Gasteiger partial charge is 0.318 e. The Morgan fingerprint density at radius 1 is 1.25 bits per heavy atom. The van der Waals surface area contributed by atoms with Crippen LogP contribution in [0.1, 0.15) is 0 Å². The van der Waals surface area contributed by atoms with Crippen LogP contribution in [-0.4, -0.2) is 18.3 Å². The van der Waals surface area contributed by atoms with Crippen molar-refractivity contribution in [1.82, 2.24) is 0 Å². The Morgan fingerprint density at radius 3 is 2.31 bits per heavy atom. The minimum Gasteiger partial charge on any atom is -0.318 e. The number of benzene rings is 1. The highest BCUT2D eigenvalue weighted by Crippen LogP contribution is 2.25. The maximum atomic E-state index is 12.9. The molecule has 0 fully saturated rings. The van der Waals surface area contributed by atoms with Crippen LogP contribution in [0.4, 0.5) is 27.6 Å². The minimum absolute atomic E-state index is 0.576. The Hall–Kier alpha value is -1.66. The fraction of sp³-hybridized carbons (Fsp3) is 0.222. The van der Waals surface area contributed by atoms with Crippen molar-refractivity contribution in [3.63, 3.8) is 0 Å². The zero-order valence-electron chi connectivity index (χ0n) is 7.68. The van der Waals surface area contributed by atoms with Gasteiger partial charge in [0.1, 0.15) is 5.82 Å². The number of para-hydroxylation sites is 1. The van der Waals surface area contributed by atoms with E-state index >= 15 is 0 Å². The molecule has 88 valence electrons. The lowest BCUT2D eigenvalue weighted by atomic mass is 10.2. The van der Waals surface area contributed by atoms with Gasteiger partial charge in [0.15, 0.2) is 0 Å². The van der Waals surface area contributed by atoms with Gasteiger partial charge in [-0.2, -0.15) is 8.78 Å². The lowest BCUT2D eigenvalue weighted by Gasteiger charge is -2.14. The lowest BCUT2D eigenvalue weighted by Crippen LogP contribution is -2.41. The minimum atomic E-state index is -4.84. The Morgan fingerprint density at radius 2 is 1.81 bits per heavy atom. The first-order valence-electron chi connectivity index (χ1n) is 4.07. The number of rotatable bonds is 3. The fourth-order valence-corrected chi connectivity index (χ4v) is 0.867. The predicted octanol–water partition coefficient (Wildman–Crippen LogP) is 2.66. The van der Waals surface area contributed by atoms with Gasteiger partial charge in [-0.1, -0.05) is 12.1 Å². The highest BCUT2D eigenvalue weighted by molar-refractivity contribution is 5.96. The molecule has 0 aliphatic rings. The molecule has 0 heterocycles. The summed E-state index contributed by atoms with van der Waals surface area (Å²) in [6, 6.07) is 4.40. The van der Waals surface area contributed by atoms with Crippen LogP contribution >= 0.6 is 0 Å². The molecule has 0 spiro atoms. The van der Waals surface area contributed by atoms with E-state index in [4.69, 9.17) is 0 Å². The molecule has 0 aromatic heterocycles. The van der Waals surface area contributed by atoms with Crippen molar-refractivity contribution >= 4 is 11.6 Å². The molecule has 0 radical (unpaired) electrons. The Labute approximate surface area is 87.1 Å². The van der Waals surface area contributed by atoms with Crippen molar-refractivity contribution in [3.8, 4) is 0 Å². The average molecular weight is 239 g/mol. The summed E-state index contributed by atoms with van der Waals surface area (Å²) in [6.07, 6.45) is -4.14. The molecule has 0 saturated heterocycles. The number of hydrogen-bond donors (Lipinski definition) is 1. The van der Waals surface area contributed by atoms with Crippen LogP contribution in [0, 0.1) is 5.82 Å². The van der Waals surface area contributed by atoms with Gasteiger partial charge in [0, 0.05) is 0 Å². The summed E-state index contributed by atoms with van der Waals surface area (Å²) in [6.45, 7) is 0. The Kier molecular flexibility index (Phi) is 3.46. The summed E-state index contributed by atoms with van der Waals surface area (Å²) in [5, 5.41) is 1.39. The summed E-state index contributed by atoms with van der Waals surface area (Å²) >= 11 is 0. The molecule has 1 rings (SSSR count). The van der Waals surface area contributed by atoms with Gasteiger partial charge in [-0.25, -0.2) is 13.2 Å². The number of amides is 1. The van der Waals surface area contributed by atoms with Crippen LogP contribution < -0.4 is 5.32 Å². The third-order valence-electron chi connectivity index (χ3n) is 1.70. The Balaban J connectivity index is 2.84. The predicted molar refractivity (Wildman–Crippen MR) is 46.0 cm³/mol. The number of hydrogen-bond acceptors (Lipinski definition) is 1. The first-order valence-corrected chi connectivity index (χ1v) is 4.07. The van der Waals surface area contributed by atoms with Gasteiger partial charge in [0.25, 0.3) is 0 Å². The van der Waals surface area contributed by atoms with Crippen molar-refractivity contribution in [1.29, 1.82) is 0 Å². The maximum Gasteiger partial charge on any atom is 0.383 e. The molecule has 0 saturated carbocycles. The van der Waals surface area contributed by atoms with Gasteiger partial charge in [-0.15, -0.1) is 0 Å². The van der Waals surface area contributed by atoms with Gasteiger partial charge < -0.3 is 5.32 Å². The normalized spacial score (nSPS) is 11.6. The molecule has 1 aromatic carbocycles. The SMILES string of the molecule is O=C(Nc1ccccc1F)C(F)(F)C(F)F. The van der Waals surface area contributed by atoms with Crippen LogP contribution in [0.15, 0.2) is 24.3 Å². The molecule has 1 N–H and O–H groups in total. The number of nitrogens with one attached hydrogen (secondary N) is 1. The first-order chi connectivity index (χ1) is 7.35. The van der Waals surface area contributed by atoms with Crippen molar-refractivity contribution in [2.45, 2.75) is 12.3 Å². The molecule has 1 amide bonds. The van der Waals surface area contributed by atoms with Crippen molar-refractivity contribution in [3.05, 3.63) is 30.1 Å². The third kappa shape index (κ3) is 2.47. The van der Waals surface area contributed by atoms with Crippen molar-refractivity contribution in [2.24, 2.45) is 0 Å².